The first-order chi connectivity index (χ1) is 36.7. The molecule has 1 heterocycles. The SMILES string of the molecule is c1ccc(-c2ccc(-c3ccccc3N(c3cccc(-c4ccc5c(c4)c4ccccc4n5-c4ccccc4)c3)c3cccc(-c4cccc(-c5ccccc5)c4-c4ccccc4-c4ccccc4)c3)cc2)cc1. The summed E-state index contributed by atoms with van der Waals surface area (Å²) < 4.78 is 2.38. The molecule has 0 saturated carbocycles. The van der Waals surface area contributed by atoms with Crippen LogP contribution in [0.15, 0.2) is 303 Å². The number of aromatic nitrogens is 1. The second-order valence-corrected chi connectivity index (χ2v) is 18.8. The molecule has 0 saturated heterocycles. The van der Waals surface area contributed by atoms with E-state index in [1.807, 2.05) is 0 Å². The van der Waals surface area contributed by atoms with Gasteiger partial charge in [0.15, 0.2) is 0 Å². The van der Waals surface area contributed by atoms with Crippen LogP contribution in [0.4, 0.5) is 17.1 Å². The predicted octanol–water partition coefficient (Wildman–Crippen LogP) is 19.9. The van der Waals surface area contributed by atoms with Gasteiger partial charge in [-0.15, -0.1) is 0 Å². The van der Waals surface area contributed by atoms with E-state index in [0.29, 0.717) is 0 Å². The average Bonchev–Trinajstić information content (AvgIpc) is 3.82. The molecule has 0 aliphatic rings. The molecule has 0 amide bonds. The quantitative estimate of drug-likeness (QED) is 0.125. The third-order valence-corrected chi connectivity index (χ3v) is 14.4. The molecule has 0 atom stereocenters. The summed E-state index contributed by atoms with van der Waals surface area (Å²) in [5.74, 6) is 0. The molecule has 0 bridgehead atoms. The number of nitrogens with zero attached hydrogens (tertiary/aromatic N) is 2. The zero-order valence-electron chi connectivity index (χ0n) is 40.8. The van der Waals surface area contributed by atoms with E-state index in [1.54, 1.807) is 0 Å². The lowest BCUT2D eigenvalue weighted by Gasteiger charge is -2.29. The van der Waals surface area contributed by atoms with Gasteiger partial charge in [-0.25, -0.2) is 0 Å². The summed E-state index contributed by atoms with van der Waals surface area (Å²) in [5.41, 5.74) is 23.2. The Morgan fingerprint density at radius 2 is 0.649 bits per heavy atom. The lowest BCUT2D eigenvalue weighted by Crippen LogP contribution is -2.11. The van der Waals surface area contributed by atoms with Crippen molar-refractivity contribution in [2.24, 2.45) is 0 Å². The van der Waals surface area contributed by atoms with E-state index in [4.69, 9.17) is 0 Å². The van der Waals surface area contributed by atoms with Crippen LogP contribution >= 0.6 is 0 Å². The predicted molar refractivity (Wildman–Crippen MR) is 314 cm³/mol. The molecule has 0 fully saturated rings. The van der Waals surface area contributed by atoms with Gasteiger partial charge < -0.3 is 9.47 Å². The standard InChI is InChI=1S/C72H50N2/c1-5-22-51(23-6-1)52-42-44-55(45-43-52)63-35-15-17-40-69(63)73(60-32-19-28-56(48-60)57-46-47-71-68(50-57)66-36-16-18-41-70(66)74(71)59-30-11-4-12-31-59)61-33-20-29-58(49-61)65-39-21-38-64(54-26-9-3-10-27-54)72(65)67-37-14-13-34-62(67)53-24-7-2-8-25-53/h1-50H. The summed E-state index contributed by atoms with van der Waals surface area (Å²) in [6, 6.07) is 110. The molecule has 0 aliphatic carbocycles. The molecule has 2 heteroatoms. The first kappa shape index (κ1) is 44.2. The lowest BCUT2D eigenvalue weighted by molar-refractivity contribution is 1.18. The van der Waals surface area contributed by atoms with E-state index < -0.39 is 0 Å². The highest BCUT2D eigenvalue weighted by molar-refractivity contribution is 6.10. The van der Waals surface area contributed by atoms with Crippen molar-refractivity contribution in [2.45, 2.75) is 0 Å². The monoisotopic (exact) mass is 942 g/mol. The van der Waals surface area contributed by atoms with Crippen molar-refractivity contribution in [3.05, 3.63) is 303 Å². The molecule has 0 N–H and O–H groups in total. The van der Waals surface area contributed by atoms with Crippen molar-refractivity contribution in [3.8, 4) is 83.6 Å². The van der Waals surface area contributed by atoms with E-state index in [9.17, 15) is 0 Å². The van der Waals surface area contributed by atoms with E-state index in [1.165, 1.54) is 66.3 Å². The van der Waals surface area contributed by atoms with Crippen molar-refractivity contribution in [1.29, 1.82) is 0 Å². The maximum Gasteiger partial charge on any atom is 0.0541 e. The molecule has 0 spiro atoms. The van der Waals surface area contributed by atoms with Crippen LogP contribution < -0.4 is 4.90 Å². The van der Waals surface area contributed by atoms with Gasteiger partial charge in [0.1, 0.15) is 0 Å². The Balaban J connectivity index is 0.995. The molecule has 1 aromatic heterocycles. The highest BCUT2D eigenvalue weighted by Crippen LogP contribution is 2.47. The minimum atomic E-state index is 1.06. The summed E-state index contributed by atoms with van der Waals surface area (Å²) in [4.78, 5) is 2.45. The highest BCUT2D eigenvalue weighted by Gasteiger charge is 2.22. The average molecular weight is 943 g/mol. The molecule has 0 unspecified atom stereocenters. The smallest absolute Gasteiger partial charge is 0.0541 e. The summed E-state index contributed by atoms with van der Waals surface area (Å²) in [5, 5.41) is 2.46. The van der Waals surface area contributed by atoms with Crippen molar-refractivity contribution in [2.75, 3.05) is 4.90 Å². The molecule has 13 rings (SSSR count). The van der Waals surface area contributed by atoms with Gasteiger partial charge in [-0.3, -0.25) is 0 Å². The summed E-state index contributed by atoms with van der Waals surface area (Å²) in [7, 11) is 0. The van der Waals surface area contributed by atoms with Crippen molar-refractivity contribution in [1.82, 2.24) is 4.57 Å². The maximum absolute atomic E-state index is 2.45. The zero-order chi connectivity index (χ0) is 49.2. The van der Waals surface area contributed by atoms with E-state index in [-0.39, 0.29) is 0 Å². The number of anilines is 3. The van der Waals surface area contributed by atoms with Crippen LogP contribution in [0.25, 0.3) is 105 Å². The Hall–Kier alpha value is -9.76. The van der Waals surface area contributed by atoms with Gasteiger partial charge in [-0.2, -0.15) is 0 Å². The molecule has 2 nitrogen and oxygen atoms in total. The van der Waals surface area contributed by atoms with Crippen LogP contribution in [0, 0.1) is 0 Å². The van der Waals surface area contributed by atoms with E-state index >= 15 is 0 Å². The van der Waals surface area contributed by atoms with Crippen LogP contribution in [0.1, 0.15) is 0 Å². The second kappa shape index (κ2) is 19.4. The van der Waals surface area contributed by atoms with E-state index in [2.05, 4.69) is 313 Å². The molecular formula is C72H50N2. The van der Waals surface area contributed by atoms with Gasteiger partial charge >= 0.3 is 0 Å². The first-order valence-electron chi connectivity index (χ1n) is 25.4. The normalized spacial score (nSPS) is 11.2. The number of hydrogen-bond donors (Lipinski definition) is 0. The van der Waals surface area contributed by atoms with Crippen molar-refractivity contribution >= 4 is 38.9 Å². The molecule has 74 heavy (non-hydrogen) atoms. The molecule has 348 valence electrons. The number of para-hydroxylation sites is 3. The van der Waals surface area contributed by atoms with Gasteiger partial charge in [0.25, 0.3) is 0 Å². The number of hydrogen-bond acceptors (Lipinski definition) is 1. The highest BCUT2D eigenvalue weighted by atomic mass is 15.1. The summed E-state index contributed by atoms with van der Waals surface area (Å²) in [6.45, 7) is 0. The van der Waals surface area contributed by atoms with Crippen LogP contribution in [-0.4, -0.2) is 4.57 Å². The van der Waals surface area contributed by atoms with Crippen LogP contribution in [0.5, 0.6) is 0 Å². The molecule has 13 aromatic rings. The third kappa shape index (κ3) is 8.25. The maximum atomic E-state index is 2.45. The Morgan fingerprint density at radius 3 is 1.35 bits per heavy atom. The number of rotatable bonds is 11. The minimum Gasteiger partial charge on any atom is -0.310 e. The fourth-order valence-electron chi connectivity index (χ4n) is 11.0. The second-order valence-electron chi connectivity index (χ2n) is 18.8. The number of fused-ring (bicyclic) bond motifs is 3. The lowest BCUT2D eigenvalue weighted by atomic mass is 9.84. The molecule has 12 aromatic carbocycles. The topological polar surface area (TPSA) is 8.17 Å². The third-order valence-electron chi connectivity index (χ3n) is 14.4. The van der Waals surface area contributed by atoms with Crippen molar-refractivity contribution in [3.63, 3.8) is 0 Å². The van der Waals surface area contributed by atoms with Gasteiger partial charge in [0.2, 0.25) is 0 Å². The van der Waals surface area contributed by atoms with Crippen LogP contribution in [0.2, 0.25) is 0 Å². The number of benzene rings is 12. The molecule has 0 aliphatic heterocycles. The Labute approximate surface area is 433 Å². The van der Waals surface area contributed by atoms with Gasteiger partial charge in [0.05, 0.1) is 16.7 Å². The Kier molecular flexibility index (Phi) is 11.6. The minimum absolute atomic E-state index is 1.06. The van der Waals surface area contributed by atoms with Gasteiger partial charge in [0, 0.05) is 33.4 Å². The Bertz CT molecular complexity index is 4100. The van der Waals surface area contributed by atoms with Crippen LogP contribution in [-0.2, 0) is 0 Å². The zero-order valence-corrected chi connectivity index (χ0v) is 40.8. The first-order valence-corrected chi connectivity index (χ1v) is 25.4. The van der Waals surface area contributed by atoms with Crippen LogP contribution in [0.3, 0.4) is 0 Å². The van der Waals surface area contributed by atoms with Gasteiger partial charge in [-0.1, -0.05) is 243 Å². The van der Waals surface area contributed by atoms with Gasteiger partial charge in [-0.05, 0) is 133 Å². The summed E-state index contributed by atoms with van der Waals surface area (Å²) in [6.07, 6.45) is 0. The molecule has 0 radical (unpaired) electrons. The molecular weight excluding hydrogens is 893 g/mol. The van der Waals surface area contributed by atoms with Crippen molar-refractivity contribution < 1.29 is 0 Å². The Morgan fingerprint density at radius 1 is 0.230 bits per heavy atom. The van der Waals surface area contributed by atoms with E-state index in [0.717, 1.165) is 56.1 Å². The summed E-state index contributed by atoms with van der Waals surface area (Å²) >= 11 is 0. The fourth-order valence-corrected chi connectivity index (χ4v) is 11.0. The largest absolute Gasteiger partial charge is 0.310 e. The fraction of sp³-hybridized carbons (Fsp3) is 0.